The van der Waals surface area contributed by atoms with Crippen LogP contribution in [0.4, 0.5) is 0 Å². The number of nitrogens with zero attached hydrogens (tertiary/aromatic N) is 1. The van der Waals surface area contributed by atoms with Crippen LogP contribution in [-0.4, -0.2) is 30.0 Å². The van der Waals surface area contributed by atoms with E-state index in [9.17, 15) is 4.79 Å². The predicted molar refractivity (Wildman–Crippen MR) is 69.0 cm³/mol. The predicted octanol–water partition coefficient (Wildman–Crippen LogP) is 2.39. The van der Waals surface area contributed by atoms with E-state index in [4.69, 9.17) is 4.74 Å². The van der Waals surface area contributed by atoms with E-state index in [1.165, 1.54) is 0 Å². The highest BCUT2D eigenvalue weighted by Crippen LogP contribution is 2.34. The summed E-state index contributed by atoms with van der Waals surface area (Å²) < 4.78 is 5.86. The second-order valence-corrected chi connectivity index (χ2v) is 5.35. The maximum Gasteiger partial charge on any atom is 0.226 e. The zero-order valence-corrected chi connectivity index (χ0v) is 10.7. The largest absolute Gasteiger partial charge is 0.370 e. The van der Waals surface area contributed by atoms with Gasteiger partial charge in [-0.15, -0.1) is 0 Å². The molecule has 1 saturated carbocycles. The number of ether oxygens (including phenoxy) is 1. The van der Waals surface area contributed by atoms with Crippen molar-refractivity contribution < 1.29 is 9.53 Å². The summed E-state index contributed by atoms with van der Waals surface area (Å²) in [6.45, 7) is 3.40. The second-order valence-electron chi connectivity index (χ2n) is 5.35. The molecule has 1 aliphatic carbocycles. The molecule has 0 bridgehead atoms. The van der Waals surface area contributed by atoms with E-state index in [0.29, 0.717) is 25.0 Å². The lowest BCUT2D eigenvalue weighted by molar-refractivity contribution is -0.145. The Hall–Kier alpha value is -1.35. The fourth-order valence-corrected chi connectivity index (χ4v) is 2.50. The van der Waals surface area contributed by atoms with Crippen molar-refractivity contribution in [2.45, 2.75) is 31.9 Å². The van der Waals surface area contributed by atoms with Crippen molar-refractivity contribution >= 4 is 5.91 Å². The summed E-state index contributed by atoms with van der Waals surface area (Å²) in [6.07, 6.45) is 2.17. The molecule has 1 aliphatic heterocycles. The van der Waals surface area contributed by atoms with Crippen LogP contribution in [-0.2, 0) is 9.53 Å². The molecule has 2 aliphatic rings. The average molecular weight is 245 g/mol. The zero-order chi connectivity index (χ0) is 12.5. The Balaban J connectivity index is 1.73. The first-order valence-corrected chi connectivity index (χ1v) is 6.72. The van der Waals surface area contributed by atoms with Crippen LogP contribution in [0.2, 0.25) is 0 Å². The third-order valence-corrected chi connectivity index (χ3v) is 3.81. The third kappa shape index (κ3) is 2.27. The first kappa shape index (κ1) is 11.7. The van der Waals surface area contributed by atoms with Crippen LogP contribution in [0.1, 0.15) is 31.4 Å². The van der Waals surface area contributed by atoms with Crippen molar-refractivity contribution in [3.05, 3.63) is 35.9 Å². The van der Waals surface area contributed by atoms with Gasteiger partial charge < -0.3 is 9.64 Å². The molecule has 3 heteroatoms. The summed E-state index contributed by atoms with van der Waals surface area (Å²) >= 11 is 0. The molecule has 1 saturated heterocycles. The van der Waals surface area contributed by atoms with Gasteiger partial charge in [0.1, 0.15) is 6.10 Å². The minimum absolute atomic E-state index is 0.0325. The lowest BCUT2D eigenvalue weighted by Gasteiger charge is -2.38. The number of hydrogen-bond donors (Lipinski definition) is 0. The molecule has 18 heavy (non-hydrogen) atoms. The molecule has 96 valence electrons. The summed E-state index contributed by atoms with van der Waals surface area (Å²) in [5, 5.41) is 0. The van der Waals surface area contributed by atoms with Gasteiger partial charge in [0.2, 0.25) is 5.91 Å². The van der Waals surface area contributed by atoms with Crippen LogP contribution in [0, 0.1) is 5.92 Å². The smallest absolute Gasteiger partial charge is 0.226 e. The molecule has 0 aromatic heterocycles. The lowest BCUT2D eigenvalue weighted by Crippen LogP contribution is -2.48. The lowest BCUT2D eigenvalue weighted by atomic mass is 10.1. The molecule has 1 heterocycles. The minimum Gasteiger partial charge on any atom is -0.370 e. The van der Waals surface area contributed by atoms with Gasteiger partial charge in [-0.3, -0.25) is 4.79 Å². The van der Waals surface area contributed by atoms with Gasteiger partial charge in [0.25, 0.3) is 0 Å². The van der Waals surface area contributed by atoms with E-state index in [1.54, 1.807) is 0 Å². The van der Waals surface area contributed by atoms with E-state index < -0.39 is 0 Å². The Morgan fingerprint density at radius 3 is 2.67 bits per heavy atom. The molecule has 1 aromatic rings. The van der Waals surface area contributed by atoms with E-state index >= 15 is 0 Å². The fourth-order valence-electron chi connectivity index (χ4n) is 2.50. The van der Waals surface area contributed by atoms with Crippen molar-refractivity contribution in [1.82, 2.24) is 4.90 Å². The van der Waals surface area contributed by atoms with Gasteiger partial charge in [0, 0.05) is 5.92 Å². The van der Waals surface area contributed by atoms with Crippen LogP contribution in [0.25, 0.3) is 0 Å². The average Bonchev–Trinajstić information content (AvgIpc) is 3.24. The summed E-state index contributed by atoms with van der Waals surface area (Å²) in [5.41, 5.74) is 1.16. The second kappa shape index (κ2) is 4.73. The Bertz CT molecular complexity index is 427. The summed E-state index contributed by atoms with van der Waals surface area (Å²) in [4.78, 5) is 14.2. The van der Waals surface area contributed by atoms with Crippen molar-refractivity contribution in [3.8, 4) is 0 Å². The molecule has 2 atom stereocenters. The molecule has 1 amide bonds. The number of rotatable bonds is 2. The number of carbonyl (C=O) groups excluding carboxylic acids is 1. The van der Waals surface area contributed by atoms with Crippen molar-refractivity contribution in [2.75, 3.05) is 13.2 Å². The number of carbonyl (C=O) groups is 1. The number of hydrogen-bond acceptors (Lipinski definition) is 2. The molecular weight excluding hydrogens is 226 g/mol. The normalized spacial score (nSPS) is 28.2. The van der Waals surface area contributed by atoms with E-state index in [0.717, 1.165) is 18.4 Å². The van der Waals surface area contributed by atoms with Crippen molar-refractivity contribution in [3.63, 3.8) is 0 Å². The van der Waals surface area contributed by atoms with Crippen LogP contribution >= 0.6 is 0 Å². The molecular formula is C15H19NO2. The summed E-state index contributed by atoms with van der Waals surface area (Å²) in [5.74, 6) is 0.619. The number of amides is 1. The van der Waals surface area contributed by atoms with Crippen LogP contribution in [0.3, 0.4) is 0 Å². The SMILES string of the molecule is CC1COC(c2ccccc2)CN1C(=O)C1CC1. The highest BCUT2D eigenvalue weighted by atomic mass is 16.5. The van der Waals surface area contributed by atoms with Crippen LogP contribution < -0.4 is 0 Å². The van der Waals surface area contributed by atoms with Gasteiger partial charge in [-0.2, -0.15) is 0 Å². The Morgan fingerprint density at radius 2 is 2.00 bits per heavy atom. The first-order valence-electron chi connectivity index (χ1n) is 6.72. The molecule has 0 radical (unpaired) electrons. The third-order valence-electron chi connectivity index (χ3n) is 3.81. The molecule has 3 rings (SSSR count). The molecule has 2 unspecified atom stereocenters. The molecule has 3 nitrogen and oxygen atoms in total. The maximum absolute atomic E-state index is 12.2. The number of benzene rings is 1. The Labute approximate surface area is 108 Å². The van der Waals surface area contributed by atoms with Gasteiger partial charge in [-0.05, 0) is 25.3 Å². The van der Waals surface area contributed by atoms with Gasteiger partial charge in [0.15, 0.2) is 0 Å². The molecule has 0 spiro atoms. The van der Waals surface area contributed by atoms with Gasteiger partial charge in [-0.1, -0.05) is 30.3 Å². The summed E-state index contributed by atoms with van der Waals surface area (Å²) in [6, 6.07) is 10.4. The Morgan fingerprint density at radius 1 is 1.28 bits per heavy atom. The molecule has 0 N–H and O–H groups in total. The quantitative estimate of drug-likeness (QED) is 0.800. The van der Waals surface area contributed by atoms with Gasteiger partial charge in [-0.25, -0.2) is 0 Å². The van der Waals surface area contributed by atoms with Crippen molar-refractivity contribution in [2.24, 2.45) is 5.92 Å². The highest BCUT2D eigenvalue weighted by molar-refractivity contribution is 5.81. The fraction of sp³-hybridized carbons (Fsp3) is 0.533. The van der Waals surface area contributed by atoms with Crippen molar-refractivity contribution in [1.29, 1.82) is 0 Å². The van der Waals surface area contributed by atoms with Gasteiger partial charge in [0.05, 0.1) is 19.2 Å². The zero-order valence-electron chi connectivity index (χ0n) is 10.7. The number of morpholine rings is 1. The minimum atomic E-state index is 0.0325. The van der Waals surface area contributed by atoms with E-state index in [1.807, 2.05) is 23.1 Å². The molecule has 2 fully saturated rings. The van der Waals surface area contributed by atoms with E-state index in [2.05, 4.69) is 19.1 Å². The monoisotopic (exact) mass is 245 g/mol. The Kier molecular flexibility index (Phi) is 3.08. The topological polar surface area (TPSA) is 29.5 Å². The van der Waals surface area contributed by atoms with Crippen LogP contribution in [0.15, 0.2) is 30.3 Å². The van der Waals surface area contributed by atoms with Crippen LogP contribution in [0.5, 0.6) is 0 Å². The van der Waals surface area contributed by atoms with E-state index in [-0.39, 0.29) is 12.1 Å². The first-order chi connectivity index (χ1) is 8.75. The van der Waals surface area contributed by atoms with Gasteiger partial charge >= 0.3 is 0 Å². The maximum atomic E-state index is 12.2. The summed E-state index contributed by atoms with van der Waals surface area (Å²) in [7, 11) is 0. The molecule has 1 aromatic carbocycles. The highest BCUT2D eigenvalue weighted by Gasteiger charge is 2.38. The standard InChI is InChI=1S/C15H19NO2/c1-11-10-18-14(12-5-3-2-4-6-12)9-16(11)15(17)13-7-8-13/h2-6,11,13-14H,7-10H2,1H3.